The molecule has 3 N–H and O–H groups in total. The topological polar surface area (TPSA) is 38.0 Å². The van der Waals surface area contributed by atoms with E-state index < -0.39 is 0 Å². The van der Waals surface area contributed by atoms with Gasteiger partial charge >= 0.3 is 0 Å². The van der Waals surface area contributed by atoms with Crippen LogP contribution in [0.25, 0.3) is 0 Å². The van der Waals surface area contributed by atoms with Gasteiger partial charge in [0, 0.05) is 11.7 Å². The number of nitrogen functional groups attached to an aromatic ring is 1. The van der Waals surface area contributed by atoms with Crippen molar-refractivity contribution in [3.63, 3.8) is 0 Å². The van der Waals surface area contributed by atoms with E-state index in [-0.39, 0.29) is 24.8 Å². The summed E-state index contributed by atoms with van der Waals surface area (Å²) in [6.45, 7) is 1.14. The van der Waals surface area contributed by atoms with Gasteiger partial charge in [-0.3, -0.25) is 0 Å². The summed E-state index contributed by atoms with van der Waals surface area (Å²) in [5.74, 6) is 0. The van der Waals surface area contributed by atoms with Crippen molar-refractivity contribution in [1.82, 2.24) is 5.32 Å². The summed E-state index contributed by atoms with van der Waals surface area (Å²) in [5, 5.41) is 3.44. The lowest BCUT2D eigenvalue weighted by atomic mass is 10.1. The smallest absolute Gasteiger partial charge is 0.0321 e. The number of halogens is 2. The molecule has 1 atom stereocenters. The molecule has 80 valence electrons. The van der Waals surface area contributed by atoms with Crippen LogP contribution in [-0.2, 0) is 0 Å². The van der Waals surface area contributed by atoms with Crippen molar-refractivity contribution in [2.24, 2.45) is 0 Å². The first-order valence-electron chi connectivity index (χ1n) is 4.45. The number of nitrogens with two attached hydrogens (primary N) is 1. The average molecular weight is 235 g/mol. The van der Waals surface area contributed by atoms with Gasteiger partial charge in [0.25, 0.3) is 0 Å². The molecular weight excluding hydrogens is 219 g/mol. The summed E-state index contributed by atoms with van der Waals surface area (Å²) in [7, 11) is 0. The van der Waals surface area contributed by atoms with Crippen molar-refractivity contribution in [3.8, 4) is 0 Å². The third-order valence-electron chi connectivity index (χ3n) is 2.37. The highest BCUT2D eigenvalue weighted by atomic mass is 35.5. The molecule has 0 spiro atoms. The van der Waals surface area contributed by atoms with E-state index in [4.69, 9.17) is 5.73 Å². The van der Waals surface area contributed by atoms with Gasteiger partial charge < -0.3 is 11.1 Å². The molecule has 2 rings (SSSR count). The molecule has 2 nitrogen and oxygen atoms in total. The second-order valence-electron chi connectivity index (χ2n) is 3.32. The first-order valence-corrected chi connectivity index (χ1v) is 4.45. The quantitative estimate of drug-likeness (QED) is 0.734. The van der Waals surface area contributed by atoms with Crippen LogP contribution in [0.2, 0.25) is 0 Å². The van der Waals surface area contributed by atoms with Crippen LogP contribution in [0.1, 0.15) is 24.4 Å². The minimum Gasteiger partial charge on any atom is -0.399 e. The lowest BCUT2D eigenvalue weighted by molar-refractivity contribution is 0.648. The van der Waals surface area contributed by atoms with E-state index in [1.54, 1.807) is 0 Å². The molecule has 14 heavy (non-hydrogen) atoms. The Morgan fingerprint density at radius 2 is 2.07 bits per heavy atom. The van der Waals surface area contributed by atoms with Crippen molar-refractivity contribution in [2.75, 3.05) is 12.3 Å². The van der Waals surface area contributed by atoms with Crippen LogP contribution in [0.5, 0.6) is 0 Å². The predicted molar refractivity (Wildman–Crippen MR) is 65.3 cm³/mol. The minimum absolute atomic E-state index is 0. The number of nitrogens with one attached hydrogen (secondary N) is 1. The number of benzene rings is 1. The van der Waals surface area contributed by atoms with Gasteiger partial charge in [0.15, 0.2) is 0 Å². The summed E-state index contributed by atoms with van der Waals surface area (Å²) >= 11 is 0. The molecule has 1 aliphatic rings. The molecule has 0 aliphatic carbocycles. The van der Waals surface area contributed by atoms with Gasteiger partial charge in [0.1, 0.15) is 0 Å². The highest BCUT2D eigenvalue weighted by Gasteiger charge is 2.15. The van der Waals surface area contributed by atoms with Gasteiger partial charge in [-0.2, -0.15) is 0 Å². The molecule has 1 heterocycles. The molecule has 1 aromatic carbocycles. The molecular formula is C10H16Cl2N2. The Balaban J connectivity index is 0.000000845. The Labute approximate surface area is 97.1 Å². The van der Waals surface area contributed by atoms with Crippen molar-refractivity contribution >= 4 is 30.5 Å². The Hall–Kier alpha value is -0.440. The highest BCUT2D eigenvalue weighted by Crippen LogP contribution is 2.23. The van der Waals surface area contributed by atoms with Crippen LogP contribution >= 0.6 is 24.8 Å². The molecule has 1 fully saturated rings. The zero-order valence-electron chi connectivity index (χ0n) is 7.90. The van der Waals surface area contributed by atoms with Crippen molar-refractivity contribution in [2.45, 2.75) is 18.9 Å². The Bertz CT molecular complexity index is 273. The van der Waals surface area contributed by atoms with E-state index in [1.807, 2.05) is 12.1 Å². The van der Waals surface area contributed by atoms with Crippen molar-refractivity contribution in [1.29, 1.82) is 0 Å². The third-order valence-corrected chi connectivity index (χ3v) is 2.37. The number of hydrogen-bond acceptors (Lipinski definition) is 2. The van der Waals surface area contributed by atoms with E-state index in [0.717, 1.165) is 12.2 Å². The number of rotatable bonds is 1. The summed E-state index contributed by atoms with van der Waals surface area (Å²) < 4.78 is 0. The molecule has 0 radical (unpaired) electrons. The molecule has 0 saturated carbocycles. The maximum absolute atomic E-state index is 5.70. The second-order valence-corrected chi connectivity index (χ2v) is 3.32. The van der Waals surface area contributed by atoms with Gasteiger partial charge in [-0.05, 0) is 37.1 Å². The fourth-order valence-corrected chi connectivity index (χ4v) is 1.74. The summed E-state index contributed by atoms with van der Waals surface area (Å²) in [5.41, 5.74) is 7.89. The van der Waals surface area contributed by atoms with E-state index in [0.29, 0.717) is 6.04 Å². The molecule has 1 aliphatic heterocycles. The molecule has 1 unspecified atom stereocenters. The van der Waals surface area contributed by atoms with Gasteiger partial charge in [0.05, 0.1) is 0 Å². The van der Waals surface area contributed by atoms with E-state index >= 15 is 0 Å². The van der Waals surface area contributed by atoms with Crippen LogP contribution in [0.15, 0.2) is 24.3 Å². The Morgan fingerprint density at radius 3 is 2.64 bits per heavy atom. The van der Waals surface area contributed by atoms with Gasteiger partial charge in [-0.1, -0.05) is 12.1 Å². The molecule has 4 heteroatoms. The summed E-state index contributed by atoms with van der Waals surface area (Å²) in [6, 6.07) is 8.68. The van der Waals surface area contributed by atoms with Gasteiger partial charge in [0.2, 0.25) is 0 Å². The van der Waals surface area contributed by atoms with E-state index in [9.17, 15) is 0 Å². The first-order chi connectivity index (χ1) is 5.86. The second kappa shape index (κ2) is 6.12. The maximum atomic E-state index is 5.70. The normalized spacial score (nSPS) is 19.6. The highest BCUT2D eigenvalue weighted by molar-refractivity contribution is 5.85. The van der Waals surface area contributed by atoms with Crippen LogP contribution < -0.4 is 11.1 Å². The molecule has 0 aromatic heterocycles. The van der Waals surface area contributed by atoms with Crippen LogP contribution in [-0.4, -0.2) is 6.54 Å². The number of hydrogen-bond donors (Lipinski definition) is 2. The SMILES string of the molecule is Cl.Cl.Nc1cccc(C2CCCN2)c1. The Kier molecular flexibility index (Phi) is 5.93. The van der Waals surface area contributed by atoms with Crippen LogP contribution in [0.4, 0.5) is 5.69 Å². The first kappa shape index (κ1) is 13.6. The monoisotopic (exact) mass is 234 g/mol. The van der Waals surface area contributed by atoms with Crippen molar-refractivity contribution < 1.29 is 0 Å². The van der Waals surface area contributed by atoms with Crippen LogP contribution in [0.3, 0.4) is 0 Å². The maximum Gasteiger partial charge on any atom is 0.0321 e. The van der Waals surface area contributed by atoms with Crippen LogP contribution in [0, 0.1) is 0 Å². The fourth-order valence-electron chi connectivity index (χ4n) is 1.74. The summed E-state index contributed by atoms with van der Waals surface area (Å²) in [4.78, 5) is 0. The van der Waals surface area contributed by atoms with E-state index in [2.05, 4.69) is 17.4 Å². The minimum atomic E-state index is 0. The zero-order valence-corrected chi connectivity index (χ0v) is 9.53. The lowest BCUT2D eigenvalue weighted by Gasteiger charge is -2.10. The van der Waals surface area contributed by atoms with Gasteiger partial charge in [-0.25, -0.2) is 0 Å². The Morgan fingerprint density at radius 1 is 1.29 bits per heavy atom. The zero-order chi connectivity index (χ0) is 8.39. The van der Waals surface area contributed by atoms with Crippen molar-refractivity contribution in [3.05, 3.63) is 29.8 Å². The standard InChI is InChI=1S/C10H14N2.2ClH/c11-9-4-1-3-8(7-9)10-5-2-6-12-10;;/h1,3-4,7,10,12H,2,5-6,11H2;2*1H. The number of anilines is 1. The fraction of sp³-hybridized carbons (Fsp3) is 0.400. The molecule has 0 amide bonds. The largest absolute Gasteiger partial charge is 0.399 e. The molecule has 1 aromatic rings. The third kappa shape index (κ3) is 3.05. The summed E-state index contributed by atoms with van der Waals surface area (Å²) in [6.07, 6.45) is 2.52. The lowest BCUT2D eigenvalue weighted by Crippen LogP contribution is -2.12. The molecule has 0 bridgehead atoms. The molecule has 1 saturated heterocycles. The average Bonchev–Trinajstić information content (AvgIpc) is 2.56. The van der Waals surface area contributed by atoms with Gasteiger partial charge in [-0.15, -0.1) is 24.8 Å². The predicted octanol–water partition coefficient (Wildman–Crippen LogP) is 2.54. The van der Waals surface area contributed by atoms with E-state index in [1.165, 1.54) is 18.4 Å².